The zero-order chi connectivity index (χ0) is 14.0. The highest BCUT2D eigenvalue weighted by molar-refractivity contribution is 5.68. The van der Waals surface area contributed by atoms with Crippen LogP contribution in [0.15, 0.2) is 24.4 Å². The molecule has 2 N–H and O–H groups in total. The number of aliphatic hydroxyl groups is 1. The number of methoxy groups -OCH3 is 2. The fraction of sp³-hybridized carbons (Fsp3) is 0.357. The summed E-state index contributed by atoms with van der Waals surface area (Å²) in [5.41, 5.74) is 0.599. The zero-order valence-electron chi connectivity index (χ0n) is 11.5. The number of imidazole rings is 1. The lowest BCUT2D eigenvalue weighted by Crippen LogP contribution is -2.17. The van der Waals surface area contributed by atoms with E-state index in [0.717, 1.165) is 17.0 Å². The molecule has 1 heterocycles. The van der Waals surface area contributed by atoms with Crippen molar-refractivity contribution in [1.82, 2.24) is 9.97 Å². The molecule has 0 spiro atoms. The molecule has 5 heteroatoms. The van der Waals surface area contributed by atoms with Crippen molar-refractivity contribution in [3.63, 3.8) is 0 Å². The zero-order valence-corrected chi connectivity index (χ0v) is 11.5. The lowest BCUT2D eigenvalue weighted by atomic mass is 10.1. The van der Waals surface area contributed by atoms with Crippen molar-refractivity contribution in [2.24, 2.45) is 0 Å². The number of H-pyrrole nitrogens is 1. The topological polar surface area (TPSA) is 67.4 Å². The number of rotatable bonds is 4. The summed E-state index contributed by atoms with van der Waals surface area (Å²) in [5.74, 6) is 1.95. The molecule has 2 rings (SSSR count). The van der Waals surface area contributed by atoms with Crippen LogP contribution >= 0.6 is 0 Å². The number of benzene rings is 1. The first-order chi connectivity index (χ1) is 8.95. The van der Waals surface area contributed by atoms with Gasteiger partial charge >= 0.3 is 0 Å². The van der Waals surface area contributed by atoms with Gasteiger partial charge in [-0.3, -0.25) is 0 Å². The minimum Gasteiger partial charge on any atom is -0.497 e. The molecule has 0 saturated carbocycles. The smallest absolute Gasteiger partial charge is 0.138 e. The lowest BCUT2D eigenvalue weighted by Gasteiger charge is -2.13. The van der Waals surface area contributed by atoms with E-state index in [1.807, 2.05) is 18.2 Å². The Balaban J connectivity index is 2.48. The van der Waals surface area contributed by atoms with Gasteiger partial charge in [-0.25, -0.2) is 4.98 Å². The molecule has 0 aliphatic rings. The van der Waals surface area contributed by atoms with Crippen LogP contribution in [0.3, 0.4) is 0 Å². The van der Waals surface area contributed by atoms with Crippen LogP contribution in [-0.2, 0) is 5.60 Å². The molecule has 0 saturated heterocycles. The van der Waals surface area contributed by atoms with E-state index in [-0.39, 0.29) is 0 Å². The molecule has 19 heavy (non-hydrogen) atoms. The van der Waals surface area contributed by atoms with Crippen LogP contribution in [0.2, 0.25) is 0 Å². The first-order valence-electron chi connectivity index (χ1n) is 5.96. The van der Waals surface area contributed by atoms with E-state index < -0.39 is 5.60 Å². The third kappa shape index (κ3) is 2.71. The molecule has 0 unspecified atom stereocenters. The number of hydrogen-bond acceptors (Lipinski definition) is 4. The van der Waals surface area contributed by atoms with E-state index in [1.165, 1.54) is 0 Å². The maximum Gasteiger partial charge on any atom is 0.138 e. The van der Waals surface area contributed by atoms with Crippen molar-refractivity contribution >= 4 is 0 Å². The molecule has 0 bridgehead atoms. The third-order valence-corrected chi connectivity index (χ3v) is 2.85. The van der Waals surface area contributed by atoms with E-state index in [4.69, 9.17) is 9.47 Å². The molecule has 0 atom stereocenters. The summed E-state index contributed by atoms with van der Waals surface area (Å²) in [6, 6.07) is 5.52. The Bertz CT molecular complexity index is 570. The van der Waals surface area contributed by atoms with Crippen molar-refractivity contribution < 1.29 is 14.6 Å². The van der Waals surface area contributed by atoms with E-state index in [0.29, 0.717) is 11.6 Å². The summed E-state index contributed by atoms with van der Waals surface area (Å²) >= 11 is 0. The first-order valence-corrected chi connectivity index (χ1v) is 5.96. The van der Waals surface area contributed by atoms with Crippen LogP contribution in [0.1, 0.15) is 19.7 Å². The Morgan fingerprint density at radius 2 is 1.95 bits per heavy atom. The Morgan fingerprint density at radius 1 is 1.21 bits per heavy atom. The van der Waals surface area contributed by atoms with Gasteiger partial charge in [0.25, 0.3) is 0 Å². The SMILES string of the molecule is COc1ccc(OC)c(-c2cnc(C(C)(C)O)[nH]2)c1. The van der Waals surface area contributed by atoms with Crippen molar-refractivity contribution in [2.45, 2.75) is 19.4 Å². The maximum atomic E-state index is 9.93. The fourth-order valence-electron chi connectivity index (χ4n) is 1.79. The second kappa shape index (κ2) is 4.93. The van der Waals surface area contributed by atoms with Gasteiger partial charge in [0.05, 0.1) is 26.1 Å². The van der Waals surface area contributed by atoms with E-state index >= 15 is 0 Å². The largest absolute Gasteiger partial charge is 0.497 e. The summed E-state index contributed by atoms with van der Waals surface area (Å²) in [6.07, 6.45) is 1.67. The maximum absolute atomic E-state index is 9.93. The van der Waals surface area contributed by atoms with Gasteiger partial charge < -0.3 is 19.6 Å². The summed E-state index contributed by atoms with van der Waals surface area (Å²) in [4.78, 5) is 7.29. The molecule has 0 amide bonds. The Hall–Kier alpha value is -2.01. The molecule has 5 nitrogen and oxygen atoms in total. The number of nitrogens with zero attached hydrogens (tertiary/aromatic N) is 1. The highest BCUT2D eigenvalue weighted by atomic mass is 16.5. The summed E-state index contributed by atoms with van der Waals surface area (Å²) in [7, 11) is 3.22. The van der Waals surface area contributed by atoms with E-state index in [1.54, 1.807) is 34.3 Å². The number of ether oxygens (including phenoxy) is 2. The van der Waals surface area contributed by atoms with Crippen molar-refractivity contribution in [1.29, 1.82) is 0 Å². The molecule has 102 valence electrons. The molecule has 1 aromatic carbocycles. The van der Waals surface area contributed by atoms with Crippen LogP contribution in [0.5, 0.6) is 11.5 Å². The van der Waals surface area contributed by atoms with Crippen LogP contribution in [0.4, 0.5) is 0 Å². The summed E-state index contributed by atoms with van der Waals surface area (Å²) in [6.45, 7) is 3.36. The van der Waals surface area contributed by atoms with Gasteiger partial charge in [0.15, 0.2) is 0 Å². The third-order valence-electron chi connectivity index (χ3n) is 2.85. The van der Waals surface area contributed by atoms with Gasteiger partial charge in [-0.05, 0) is 32.0 Å². The molecule has 2 aromatic rings. The van der Waals surface area contributed by atoms with E-state index in [2.05, 4.69) is 9.97 Å². The highest BCUT2D eigenvalue weighted by Gasteiger charge is 2.21. The Morgan fingerprint density at radius 3 is 2.47 bits per heavy atom. The Labute approximate surface area is 112 Å². The van der Waals surface area contributed by atoms with Crippen LogP contribution in [-0.4, -0.2) is 29.3 Å². The summed E-state index contributed by atoms with van der Waals surface area (Å²) in [5, 5.41) is 9.93. The van der Waals surface area contributed by atoms with Gasteiger partial charge in [0.2, 0.25) is 0 Å². The van der Waals surface area contributed by atoms with Gasteiger partial charge in [-0.1, -0.05) is 0 Å². The number of nitrogens with one attached hydrogen (secondary N) is 1. The molecule has 1 aromatic heterocycles. The average molecular weight is 262 g/mol. The standard InChI is InChI=1S/C14H18N2O3/c1-14(2,17)13-15-8-11(16-13)10-7-9(18-3)5-6-12(10)19-4/h5-8,17H,1-4H3,(H,15,16). The van der Waals surface area contributed by atoms with Gasteiger partial charge in [-0.2, -0.15) is 0 Å². The van der Waals surface area contributed by atoms with Crippen LogP contribution in [0.25, 0.3) is 11.3 Å². The minimum atomic E-state index is -1.01. The quantitative estimate of drug-likeness (QED) is 0.887. The minimum absolute atomic E-state index is 0.507. The number of aromatic amines is 1. The molecule has 0 aliphatic carbocycles. The number of hydrogen-bond donors (Lipinski definition) is 2. The van der Waals surface area contributed by atoms with Gasteiger partial charge in [0.1, 0.15) is 22.9 Å². The highest BCUT2D eigenvalue weighted by Crippen LogP contribution is 2.33. The van der Waals surface area contributed by atoms with Crippen molar-refractivity contribution in [3.8, 4) is 22.8 Å². The first kappa shape index (κ1) is 13.4. The lowest BCUT2D eigenvalue weighted by molar-refractivity contribution is 0.0697. The molecular formula is C14H18N2O3. The second-order valence-corrected chi connectivity index (χ2v) is 4.77. The average Bonchev–Trinajstić information content (AvgIpc) is 2.87. The normalized spacial score (nSPS) is 11.4. The monoisotopic (exact) mass is 262 g/mol. The molecule has 0 aliphatic heterocycles. The van der Waals surface area contributed by atoms with Crippen LogP contribution < -0.4 is 9.47 Å². The predicted octanol–water partition coefficient (Wildman–Crippen LogP) is 2.32. The fourth-order valence-corrected chi connectivity index (χ4v) is 1.79. The van der Waals surface area contributed by atoms with Crippen molar-refractivity contribution in [3.05, 3.63) is 30.2 Å². The second-order valence-electron chi connectivity index (χ2n) is 4.77. The van der Waals surface area contributed by atoms with Crippen LogP contribution in [0, 0.1) is 0 Å². The van der Waals surface area contributed by atoms with Crippen molar-refractivity contribution in [2.75, 3.05) is 14.2 Å². The predicted molar refractivity (Wildman–Crippen MR) is 72.4 cm³/mol. The molecule has 0 radical (unpaired) electrons. The van der Waals surface area contributed by atoms with Gasteiger partial charge in [0, 0.05) is 5.56 Å². The Kier molecular flexibility index (Phi) is 3.48. The van der Waals surface area contributed by atoms with E-state index in [9.17, 15) is 5.11 Å². The summed E-state index contributed by atoms with van der Waals surface area (Å²) < 4.78 is 10.5. The molecular weight excluding hydrogens is 244 g/mol. The van der Waals surface area contributed by atoms with Gasteiger partial charge in [-0.15, -0.1) is 0 Å². The molecule has 0 fully saturated rings. The number of aromatic nitrogens is 2.